The van der Waals surface area contributed by atoms with Gasteiger partial charge in [0.25, 0.3) is 0 Å². The van der Waals surface area contributed by atoms with Crippen molar-refractivity contribution in [2.24, 2.45) is 0 Å². The zero-order chi connectivity index (χ0) is 22.1. The van der Waals surface area contributed by atoms with Crippen molar-refractivity contribution in [3.05, 3.63) is 76.5 Å². The van der Waals surface area contributed by atoms with Crippen LogP contribution in [0.4, 0.5) is 5.69 Å². The number of hydrogen-bond donors (Lipinski definition) is 1. The molecule has 0 bridgehead atoms. The summed E-state index contributed by atoms with van der Waals surface area (Å²) in [5, 5.41) is 3.35. The second-order valence-electron chi connectivity index (χ2n) is 8.24. The Balaban J connectivity index is 1.71. The lowest BCUT2D eigenvalue weighted by atomic mass is 9.73. The number of dihydropyridines is 1. The van der Waals surface area contributed by atoms with Crippen LogP contribution in [0.25, 0.3) is 0 Å². The molecule has 2 unspecified atom stereocenters. The van der Waals surface area contributed by atoms with Gasteiger partial charge in [-0.05, 0) is 56.0 Å². The van der Waals surface area contributed by atoms with Crippen LogP contribution >= 0.6 is 0 Å². The van der Waals surface area contributed by atoms with Crippen molar-refractivity contribution in [1.29, 1.82) is 0 Å². The fourth-order valence-corrected chi connectivity index (χ4v) is 4.54. The van der Waals surface area contributed by atoms with Gasteiger partial charge in [-0.2, -0.15) is 0 Å². The van der Waals surface area contributed by atoms with Crippen molar-refractivity contribution in [3.63, 3.8) is 0 Å². The van der Waals surface area contributed by atoms with E-state index in [2.05, 4.69) is 34.5 Å². The summed E-state index contributed by atoms with van der Waals surface area (Å²) >= 11 is 0. The predicted molar refractivity (Wildman–Crippen MR) is 119 cm³/mol. The lowest BCUT2D eigenvalue weighted by Gasteiger charge is -2.35. The number of hydrogen-bond acceptors (Lipinski definition) is 6. The number of carbonyl (C=O) groups excluding carboxylic acids is 2. The van der Waals surface area contributed by atoms with Crippen molar-refractivity contribution in [2.75, 3.05) is 25.6 Å². The van der Waals surface area contributed by atoms with Gasteiger partial charge in [0, 0.05) is 43.2 Å². The Hall–Kier alpha value is -3.28. The molecule has 0 saturated heterocycles. The summed E-state index contributed by atoms with van der Waals surface area (Å²) in [6, 6.07) is 11.9. The van der Waals surface area contributed by atoms with Crippen molar-refractivity contribution in [2.45, 2.75) is 38.5 Å². The minimum absolute atomic E-state index is 0.0335. The summed E-state index contributed by atoms with van der Waals surface area (Å²) < 4.78 is 11.0. The largest absolute Gasteiger partial charge is 0.468 e. The quantitative estimate of drug-likeness (QED) is 0.729. The third-order valence-corrected chi connectivity index (χ3v) is 6.03. The van der Waals surface area contributed by atoms with Crippen LogP contribution in [-0.4, -0.2) is 32.5 Å². The molecule has 31 heavy (non-hydrogen) atoms. The average molecular weight is 421 g/mol. The first-order chi connectivity index (χ1) is 14.9. The highest BCUT2D eigenvalue weighted by Crippen LogP contribution is 2.45. The second-order valence-corrected chi connectivity index (χ2v) is 8.24. The molecule has 2 aliphatic rings. The summed E-state index contributed by atoms with van der Waals surface area (Å²) in [5.74, 6) is -0.265. The Morgan fingerprint density at radius 1 is 1.19 bits per heavy atom. The van der Waals surface area contributed by atoms with E-state index >= 15 is 0 Å². The SMILES string of the molecule is CCOC(=O)C1=C(C)NC2=C(C(=O)CC(c3ccc(N(C)C)cc3)C2)C1c1ccco1. The van der Waals surface area contributed by atoms with E-state index in [4.69, 9.17) is 9.15 Å². The van der Waals surface area contributed by atoms with Gasteiger partial charge in [-0.1, -0.05) is 12.1 Å². The molecule has 1 N–H and O–H groups in total. The van der Waals surface area contributed by atoms with Gasteiger partial charge < -0.3 is 19.4 Å². The number of furan rings is 1. The molecule has 0 amide bonds. The number of Topliss-reactive ketones (excluding diaryl/α,β-unsaturated/α-hetero) is 1. The first-order valence-electron chi connectivity index (χ1n) is 10.6. The highest BCUT2D eigenvalue weighted by atomic mass is 16.5. The van der Waals surface area contributed by atoms with E-state index in [1.165, 1.54) is 0 Å². The lowest BCUT2D eigenvalue weighted by Crippen LogP contribution is -2.36. The van der Waals surface area contributed by atoms with Gasteiger partial charge in [0.2, 0.25) is 0 Å². The molecular weight excluding hydrogens is 392 g/mol. The van der Waals surface area contributed by atoms with E-state index in [1.807, 2.05) is 27.1 Å². The Labute approximate surface area is 182 Å². The number of nitrogens with zero attached hydrogens (tertiary/aromatic N) is 1. The zero-order valence-electron chi connectivity index (χ0n) is 18.4. The first-order valence-corrected chi connectivity index (χ1v) is 10.6. The molecule has 162 valence electrons. The van der Waals surface area contributed by atoms with Crippen LogP contribution in [0.15, 0.2) is 69.6 Å². The second kappa shape index (κ2) is 8.46. The molecule has 2 aromatic rings. The number of esters is 1. The highest BCUT2D eigenvalue weighted by Gasteiger charge is 2.42. The maximum atomic E-state index is 13.4. The molecule has 4 rings (SSSR count). The number of ketones is 1. The fourth-order valence-electron chi connectivity index (χ4n) is 4.54. The summed E-state index contributed by atoms with van der Waals surface area (Å²) in [7, 11) is 4.01. The first kappa shape index (κ1) is 21.0. The topological polar surface area (TPSA) is 71.8 Å². The molecule has 0 fully saturated rings. The Morgan fingerprint density at radius 2 is 1.94 bits per heavy atom. The average Bonchev–Trinajstić information content (AvgIpc) is 3.27. The van der Waals surface area contributed by atoms with Gasteiger partial charge in [0.1, 0.15) is 5.76 Å². The minimum atomic E-state index is -0.546. The number of benzene rings is 1. The molecule has 6 heteroatoms. The Kier molecular flexibility index (Phi) is 5.72. The van der Waals surface area contributed by atoms with Gasteiger partial charge in [0.05, 0.1) is 24.4 Å². The summed E-state index contributed by atoms with van der Waals surface area (Å²) in [4.78, 5) is 28.2. The third kappa shape index (κ3) is 3.90. The smallest absolute Gasteiger partial charge is 0.336 e. The van der Waals surface area contributed by atoms with Crippen molar-refractivity contribution >= 4 is 17.4 Å². The lowest BCUT2D eigenvalue weighted by molar-refractivity contribution is -0.138. The Morgan fingerprint density at radius 3 is 2.55 bits per heavy atom. The van der Waals surface area contributed by atoms with Crippen LogP contribution in [0.3, 0.4) is 0 Å². The summed E-state index contributed by atoms with van der Waals surface area (Å²) in [6.07, 6.45) is 2.67. The summed E-state index contributed by atoms with van der Waals surface area (Å²) in [6.45, 7) is 3.89. The Bertz CT molecular complexity index is 1050. The fraction of sp³-hybridized carbons (Fsp3) is 0.360. The van der Waals surface area contributed by atoms with Crippen molar-refractivity contribution in [3.8, 4) is 0 Å². The van der Waals surface area contributed by atoms with E-state index in [0.29, 0.717) is 35.4 Å². The van der Waals surface area contributed by atoms with Crippen LogP contribution < -0.4 is 10.2 Å². The molecule has 0 spiro atoms. The van der Waals surface area contributed by atoms with Crippen molar-refractivity contribution < 1.29 is 18.7 Å². The molecular formula is C25H28N2O4. The van der Waals surface area contributed by atoms with E-state index in [-0.39, 0.29) is 18.3 Å². The molecule has 1 aromatic heterocycles. The van der Waals surface area contributed by atoms with Crippen molar-refractivity contribution in [1.82, 2.24) is 5.32 Å². The van der Waals surface area contributed by atoms with Crippen LogP contribution in [0.5, 0.6) is 0 Å². The number of allylic oxidation sites excluding steroid dienone is 3. The maximum absolute atomic E-state index is 13.4. The number of rotatable bonds is 5. The van der Waals surface area contributed by atoms with E-state index in [9.17, 15) is 9.59 Å². The van der Waals surface area contributed by atoms with E-state index in [0.717, 1.165) is 16.9 Å². The van der Waals surface area contributed by atoms with Crippen LogP contribution in [0, 0.1) is 0 Å². The molecule has 2 heterocycles. The molecule has 1 aliphatic carbocycles. The normalized spacial score (nSPS) is 21.0. The van der Waals surface area contributed by atoms with Crippen LogP contribution in [0.2, 0.25) is 0 Å². The van der Waals surface area contributed by atoms with Gasteiger partial charge in [0.15, 0.2) is 5.78 Å². The van der Waals surface area contributed by atoms with Gasteiger partial charge >= 0.3 is 5.97 Å². The molecule has 2 atom stereocenters. The summed E-state index contributed by atoms with van der Waals surface area (Å²) in [5.41, 5.74) is 4.89. The molecule has 0 radical (unpaired) electrons. The molecule has 1 aliphatic heterocycles. The van der Waals surface area contributed by atoms with Gasteiger partial charge in [-0.15, -0.1) is 0 Å². The number of ether oxygens (including phenoxy) is 1. The van der Waals surface area contributed by atoms with Gasteiger partial charge in [-0.3, -0.25) is 4.79 Å². The zero-order valence-corrected chi connectivity index (χ0v) is 18.4. The molecule has 0 saturated carbocycles. The van der Waals surface area contributed by atoms with Crippen LogP contribution in [-0.2, 0) is 14.3 Å². The predicted octanol–water partition coefficient (Wildman–Crippen LogP) is 4.27. The monoisotopic (exact) mass is 420 g/mol. The molecule has 1 aromatic carbocycles. The molecule has 6 nitrogen and oxygen atoms in total. The maximum Gasteiger partial charge on any atom is 0.336 e. The third-order valence-electron chi connectivity index (χ3n) is 6.03. The van der Waals surface area contributed by atoms with E-state index < -0.39 is 11.9 Å². The highest BCUT2D eigenvalue weighted by molar-refractivity contribution is 6.04. The van der Waals surface area contributed by atoms with Gasteiger partial charge in [-0.25, -0.2) is 4.79 Å². The van der Waals surface area contributed by atoms with Crippen LogP contribution in [0.1, 0.15) is 49.8 Å². The van der Waals surface area contributed by atoms with E-state index in [1.54, 1.807) is 19.3 Å². The number of anilines is 1. The minimum Gasteiger partial charge on any atom is -0.468 e. The standard InChI is InChI=1S/C25H28N2O4/c1-5-30-25(29)22-15(2)26-19-13-17(16-8-10-18(11-9-16)27(3)4)14-20(28)23(19)24(22)21-7-6-12-31-21/h6-12,17,24,26H,5,13-14H2,1-4H3. The number of carbonyl (C=O) groups is 2. The number of nitrogens with one attached hydrogen (secondary N) is 1.